The summed E-state index contributed by atoms with van der Waals surface area (Å²) in [6.45, 7) is 12.0. The second-order valence-corrected chi connectivity index (χ2v) is 6.17. The van der Waals surface area contributed by atoms with Gasteiger partial charge >= 0.3 is 0 Å². The Balaban J connectivity index is 1.80. The zero-order chi connectivity index (χ0) is 15.7. The predicted octanol–water partition coefficient (Wildman–Crippen LogP) is 2.54. The van der Waals surface area contributed by atoms with Crippen LogP contribution in [-0.4, -0.2) is 59.5 Å². The van der Waals surface area contributed by atoms with Crippen LogP contribution in [0.1, 0.15) is 23.0 Å². The molecule has 1 aromatic carbocycles. The van der Waals surface area contributed by atoms with Crippen molar-refractivity contribution in [2.75, 3.05) is 39.3 Å². The van der Waals surface area contributed by atoms with Crippen LogP contribution in [0.4, 0.5) is 0 Å². The smallest absolute Gasteiger partial charge is 0.245 e. The first-order chi connectivity index (χ1) is 10.6. The molecule has 1 saturated heterocycles. The molecule has 118 valence electrons. The van der Waals surface area contributed by atoms with Gasteiger partial charge in [0.15, 0.2) is 0 Å². The van der Waals surface area contributed by atoms with Crippen LogP contribution in [0.25, 0.3) is 10.9 Å². The molecule has 4 heteroatoms. The first-order valence-corrected chi connectivity index (χ1v) is 8.16. The quantitative estimate of drug-likeness (QED) is 0.872. The second-order valence-electron chi connectivity index (χ2n) is 6.17. The molecule has 0 spiro atoms. The monoisotopic (exact) mass is 299 g/mol. The fourth-order valence-electron chi connectivity index (χ4n) is 3.38. The van der Waals surface area contributed by atoms with Crippen LogP contribution in [0.3, 0.4) is 0 Å². The molecule has 2 heterocycles. The highest BCUT2D eigenvalue weighted by Gasteiger charge is 2.21. The maximum atomic E-state index is 12.8. The average molecular weight is 299 g/mol. The van der Waals surface area contributed by atoms with E-state index < -0.39 is 0 Å². The standard InChI is InChI=1S/C18H25N3O/c1-4-19-9-11-20(12-10-19)13-18(22)21-15(3)14(2)16-7-5-6-8-17(16)21/h5-8H,4,9-13H2,1-3H3. The number of hydrogen-bond acceptors (Lipinski definition) is 3. The maximum absolute atomic E-state index is 12.8. The molecule has 0 saturated carbocycles. The van der Waals surface area contributed by atoms with Crippen LogP contribution in [-0.2, 0) is 0 Å². The fourth-order valence-corrected chi connectivity index (χ4v) is 3.38. The molecule has 0 N–H and O–H groups in total. The van der Waals surface area contributed by atoms with Gasteiger partial charge < -0.3 is 4.90 Å². The van der Waals surface area contributed by atoms with Gasteiger partial charge in [-0.15, -0.1) is 0 Å². The maximum Gasteiger partial charge on any atom is 0.245 e. The largest absolute Gasteiger partial charge is 0.301 e. The lowest BCUT2D eigenvalue weighted by Crippen LogP contribution is -2.48. The van der Waals surface area contributed by atoms with Crippen LogP contribution in [0.15, 0.2) is 24.3 Å². The number of carbonyl (C=O) groups is 1. The summed E-state index contributed by atoms with van der Waals surface area (Å²) in [7, 11) is 0. The van der Waals surface area contributed by atoms with Gasteiger partial charge in [-0.3, -0.25) is 14.3 Å². The van der Waals surface area contributed by atoms with E-state index in [-0.39, 0.29) is 5.91 Å². The highest BCUT2D eigenvalue weighted by Crippen LogP contribution is 2.24. The molecular weight excluding hydrogens is 274 g/mol. The Kier molecular flexibility index (Phi) is 4.32. The Morgan fingerprint density at radius 2 is 1.68 bits per heavy atom. The number of likely N-dealkylation sites (N-methyl/N-ethyl adjacent to an activating group) is 1. The van der Waals surface area contributed by atoms with Crippen molar-refractivity contribution in [2.45, 2.75) is 20.8 Å². The van der Waals surface area contributed by atoms with E-state index in [1.165, 1.54) is 10.9 Å². The molecule has 0 unspecified atom stereocenters. The van der Waals surface area contributed by atoms with Crippen molar-refractivity contribution in [3.63, 3.8) is 0 Å². The number of aryl methyl sites for hydroxylation is 1. The SMILES string of the molecule is CCN1CCN(CC(=O)n2c(C)c(C)c3ccccc32)CC1. The van der Waals surface area contributed by atoms with Crippen molar-refractivity contribution in [2.24, 2.45) is 0 Å². The molecule has 0 amide bonds. The molecule has 0 aliphatic carbocycles. The van der Waals surface area contributed by atoms with E-state index in [1.807, 2.05) is 29.7 Å². The Bertz CT molecular complexity index is 681. The minimum absolute atomic E-state index is 0.187. The van der Waals surface area contributed by atoms with E-state index in [2.05, 4.69) is 29.7 Å². The van der Waals surface area contributed by atoms with E-state index in [4.69, 9.17) is 0 Å². The van der Waals surface area contributed by atoms with Crippen molar-refractivity contribution in [1.82, 2.24) is 14.4 Å². The van der Waals surface area contributed by atoms with E-state index >= 15 is 0 Å². The summed E-state index contributed by atoms with van der Waals surface area (Å²) in [4.78, 5) is 17.5. The molecule has 1 aliphatic heterocycles. The summed E-state index contributed by atoms with van der Waals surface area (Å²) in [6, 6.07) is 8.18. The second kappa shape index (κ2) is 6.23. The van der Waals surface area contributed by atoms with Gasteiger partial charge in [0.05, 0.1) is 12.1 Å². The molecule has 0 atom stereocenters. The third-order valence-electron chi connectivity index (χ3n) is 4.95. The molecule has 1 aliphatic rings. The van der Waals surface area contributed by atoms with Crippen molar-refractivity contribution in [3.8, 4) is 0 Å². The summed E-state index contributed by atoms with van der Waals surface area (Å²) in [6.07, 6.45) is 0. The Morgan fingerprint density at radius 3 is 2.36 bits per heavy atom. The zero-order valence-electron chi connectivity index (χ0n) is 13.8. The highest BCUT2D eigenvalue weighted by molar-refractivity contribution is 5.96. The molecule has 1 fully saturated rings. The summed E-state index contributed by atoms with van der Waals surface area (Å²) in [5.74, 6) is 0.187. The lowest BCUT2D eigenvalue weighted by molar-refractivity contribution is 0.0784. The Labute approximate surface area is 132 Å². The van der Waals surface area contributed by atoms with Gasteiger partial charge in [0.2, 0.25) is 5.91 Å². The van der Waals surface area contributed by atoms with Gasteiger partial charge in [-0.1, -0.05) is 25.1 Å². The summed E-state index contributed by atoms with van der Waals surface area (Å²) >= 11 is 0. The number of hydrogen-bond donors (Lipinski definition) is 0. The molecule has 0 bridgehead atoms. The van der Waals surface area contributed by atoms with E-state index in [1.54, 1.807) is 0 Å². The molecule has 22 heavy (non-hydrogen) atoms. The normalized spacial score (nSPS) is 17.2. The van der Waals surface area contributed by atoms with E-state index in [0.29, 0.717) is 6.54 Å². The zero-order valence-corrected chi connectivity index (χ0v) is 13.8. The minimum atomic E-state index is 0.187. The van der Waals surface area contributed by atoms with Crippen LogP contribution in [0, 0.1) is 13.8 Å². The number of nitrogens with zero attached hydrogens (tertiary/aromatic N) is 3. The topological polar surface area (TPSA) is 28.5 Å². The number of para-hydroxylation sites is 1. The van der Waals surface area contributed by atoms with Gasteiger partial charge in [-0.25, -0.2) is 0 Å². The van der Waals surface area contributed by atoms with Crippen LogP contribution >= 0.6 is 0 Å². The van der Waals surface area contributed by atoms with Gasteiger partial charge in [-0.2, -0.15) is 0 Å². The van der Waals surface area contributed by atoms with Gasteiger partial charge in [-0.05, 0) is 32.0 Å². The molecule has 2 aromatic rings. The highest BCUT2D eigenvalue weighted by atomic mass is 16.2. The lowest BCUT2D eigenvalue weighted by atomic mass is 10.2. The summed E-state index contributed by atoms with van der Waals surface area (Å²) in [5.41, 5.74) is 3.31. The minimum Gasteiger partial charge on any atom is -0.301 e. The molecule has 1 aromatic heterocycles. The van der Waals surface area contributed by atoms with Crippen molar-refractivity contribution < 1.29 is 4.79 Å². The number of carbonyl (C=O) groups excluding carboxylic acids is 1. The number of benzene rings is 1. The van der Waals surface area contributed by atoms with Crippen molar-refractivity contribution in [1.29, 1.82) is 0 Å². The van der Waals surface area contributed by atoms with Gasteiger partial charge in [0.1, 0.15) is 0 Å². The predicted molar refractivity (Wildman–Crippen MR) is 90.6 cm³/mol. The third-order valence-corrected chi connectivity index (χ3v) is 4.95. The first-order valence-electron chi connectivity index (χ1n) is 8.16. The Hall–Kier alpha value is -1.65. The Morgan fingerprint density at radius 1 is 1.05 bits per heavy atom. The van der Waals surface area contributed by atoms with Crippen LogP contribution < -0.4 is 0 Å². The first kappa shape index (κ1) is 15.3. The van der Waals surface area contributed by atoms with Crippen LogP contribution in [0.2, 0.25) is 0 Å². The third kappa shape index (κ3) is 2.69. The van der Waals surface area contributed by atoms with Gasteiger partial charge in [0.25, 0.3) is 0 Å². The van der Waals surface area contributed by atoms with Crippen molar-refractivity contribution >= 4 is 16.8 Å². The number of fused-ring (bicyclic) bond motifs is 1. The summed E-state index contributed by atoms with van der Waals surface area (Å²) < 4.78 is 1.90. The van der Waals surface area contributed by atoms with Crippen LogP contribution in [0.5, 0.6) is 0 Å². The molecular formula is C18H25N3O. The fraction of sp³-hybridized carbons (Fsp3) is 0.500. The number of rotatable bonds is 3. The summed E-state index contributed by atoms with van der Waals surface area (Å²) in [5, 5.41) is 1.18. The van der Waals surface area contributed by atoms with E-state index in [0.717, 1.165) is 43.9 Å². The van der Waals surface area contributed by atoms with Gasteiger partial charge in [0, 0.05) is 37.3 Å². The molecule has 3 rings (SSSR count). The average Bonchev–Trinajstić information content (AvgIpc) is 2.80. The lowest BCUT2D eigenvalue weighted by Gasteiger charge is -2.33. The number of piperazine rings is 1. The number of aromatic nitrogens is 1. The molecule has 0 radical (unpaired) electrons. The van der Waals surface area contributed by atoms with E-state index in [9.17, 15) is 4.79 Å². The molecule has 4 nitrogen and oxygen atoms in total. The van der Waals surface area contributed by atoms with Crippen molar-refractivity contribution in [3.05, 3.63) is 35.5 Å².